The molecule has 1 aliphatic rings. The van der Waals surface area contributed by atoms with E-state index in [1.165, 1.54) is 11.1 Å². The van der Waals surface area contributed by atoms with E-state index < -0.39 is 0 Å². The second-order valence-corrected chi connectivity index (χ2v) is 5.84. The van der Waals surface area contributed by atoms with Gasteiger partial charge < -0.3 is 4.90 Å². The normalized spacial score (nSPS) is 17.2. The van der Waals surface area contributed by atoms with Gasteiger partial charge >= 0.3 is 0 Å². The molecule has 0 fully saturated rings. The summed E-state index contributed by atoms with van der Waals surface area (Å²) < 4.78 is 0. The zero-order chi connectivity index (χ0) is 14.9. The molecule has 4 heteroatoms. The highest BCUT2D eigenvalue weighted by molar-refractivity contribution is 5.71. The predicted octanol–water partition coefficient (Wildman–Crippen LogP) is 3.02. The highest BCUT2D eigenvalue weighted by Crippen LogP contribution is 2.26. The Morgan fingerprint density at radius 1 is 1.00 bits per heavy atom. The van der Waals surface area contributed by atoms with E-state index in [0.717, 1.165) is 30.6 Å². The second-order valence-electron chi connectivity index (χ2n) is 5.84. The van der Waals surface area contributed by atoms with Crippen LogP contribution in [0, 0.1) is 0 Å². The van der Waals surface area contributed by atoms with Crippen LogP contribution in [0.1, 0.15) is 17.5 Å². The monoisotopic (exact) mass is 290 g/mol. The minimum Gasteiger partial charge on any atom is -0.356 e. The molecule has 2 aromatic heterocycles. The number of pyridine rings is 1. The van der Waals surface area contributed by atoms with E-state index in [9.17, 15) is 0 Å². The van der Waals surface area contributed by atoms with Gasteiger partial charge in [-0.25, -0.2) is 9.97 Å². The molecule has 0 radical (unpaired) electrons. The van der Waals surface area contributed by atoms with Gasteiger partial charge in [0.1, 0.15) is 11.3 Å². The summed E-state index contributed by atoms with van der Waals surface area (Å²) in [6.45, 7) is 0. The Balaban J connectivity index is 1.62. The molecule has 0 amide bonds. The molecule has 1 aliphatic carbocycles. The zero-order valence-corrected chi connectivity index (χ0v) is 12.6. The summed E-state index contributed by atoms with van der Waals surface area (Å²) in [5.74, 6) is 0.970. The average Bonchev–Trinajstić information content (AvgIpc) is 2.60. The van der Waals surface area contributed by atoms with Gasteiger partial charge in [0, 0.05) is 25.5 Å². The van der Waals surface area contributed by atoms with Gasteiger partial charge in [-0.3, -0.25) is 4.98 Å². The van der Waals surface area contributed by atoms with Crippen LogP contribution in [0.15, 0.2) is 48.8 Å². The van der Waals surface area contributed by atoms with Crippen LogP contribution in [0.5, 0.6) is 0 Å². The van der Waals surface area contributed by atoms with E-state index in [0.29, 0.717) is 11.7 Å². The van der Waals surface area contributed by atoms with Crippen LogP contribution in [-0.2, 0) is 12.8 Å². The number of likely N-dealkylation sites (N-methyl/N-ethyl adjacent to an activating group) is 1. The van der Waals surface area contributed by atoms with Crippen LogP contribution in [0.4, 0.5) is 5.82 Å². The van der Waals surface area contributed by atoms with Crippen molar-refractivity contribution in [1.29, 1.82) is 0 Å². The molecule has 0 spiro atoms. The molecule has 0 saturated carbocycles. The maximum absolute atomic E-state index is 4.66. The van der Waals surface area contributed by atoms with Crippen molar-refractivity contribution in [3.63, 3.8) is 0 Å². The Hall–Kier alpha value is -2.49. The van der Waals surface area contributed by atoms with E-state index in [-0.39, 0.29) is 0 Å². The molecule has 4 rings (SSSR count). The average molecular weight is 290 g/mol. The molecule has 2 heterocycles. The third-order valence-corrected chi connectivity index (χ3v) is 4.55. The summed E-state index contributed by atoms with van der Waals surface area (Å²) >= 11 is 0. The van der Waals surface area contributed by atoms with Crippen molar-refractivity contribution in [3.05, 3.63) is 59.9 Å². The SMILES string of the molecule is CN(c1ccc2nccnc2n1)C1CCc2ccccc2C1. The summed E-state index contributed by atoms with van der Waals surface area (Å²) in [4.78, 5) is 15.5. The number of benzene rings is 1. The van der Waals surface area contributed by atoms with Crippen molar-refractivity contribution < 1.29 is 0 Å². The van der Waals surface area contributed by atoms with E-state index >= 15 is 0 Å². The maximum Gasteiger partial charge on any atom is 0.180 e. The number of hydrogen-bond acceptors (Lipinski definition) is 4. The van der Waals surface area contributed by atoms with E-state index in [4.69, 9.17) is 0 Å². The Morgan fingerprint density at radius 3 is 2.73 bits per heavy atom. The molecular weight excluding hydrogens is 272 g/mol. The van der Waals surface area contributed by atoms with Gasteiger partial charge in [0.25, 0.3) is 0 Å². The first-order valence-electron chi connectivity index (χ1n) is 7.68. The van der Waals surface area contributed by atoms with Crippen LogP contribution in [0.25, 0.3) is 11.2 Å². The highest BCUT2D eigenvalue weighted by Gasteiger charge is 2.22. The van der Waals surface area contributed by atoms with E-state index in [1.54, 1.807) is 12.4 Å². The number of aryl methyl sites for hydroxylation is 1. The lowest BCUT2D eigenvalue weighted by Crippen LogP contribution is -2.37. The summed E-state index contributed by atoms with van der Waals surface area (Å²) in [5.41, 5.74) is 4.51. The molecule has 22 heavy (non-hydrogen) atoms. The molecule has 1 aromatic carbocycles. The fourth-order valence-electron chi connectivity index (χ4n) is 3.24. The number of hydrogen-bond donors (Lipinski definition) is 0. The maximum atomic E-state index is 4.66. The lowest BCUT2D eigenvalue weighted by molar-refractivity contribution is 0.545. The Morgan fingerprint density at radius 2 is 1.82 bits per heavy atom. The minimum absolute atomic E-state index is 0.483. The minimum atomic E-state index is 0.483. The smallest absolute Gasteiger partial charge is 0.180 e. The number of aromatic nitrogens is 3. The lowest BCUT2D eigenvalue weighted by Gasteiger charge is -2.33. The van der Waals surface area contributed by atoms with Crippen LogP contribution >= 0.6 is 0 Å². The molecule has 4 nitrogen and oxygen atoms in total. The lowest BCUT2D eigenvalue weighted by atomic mass is 9.88. The molecule has 0 aliphatic heterocycles. The number of fused-ring (bicyclic) bond motifs is 2. The topological polar surface area (TPSA) is 41.9 Å². The number of rotatable bonds is 2. The first-order chi connectivity index (χ1) is 10.8. The van der Waals surface area contributed by atoms with Crippen LogP contribution in [-0.4, -0.2) is 28.0 Å². The molecular formula is C18H18N4. The Labute approximate surface area is 129 Å². The first-order valence-corrected chi connectivity index (χ1v) is 7.68. The molecule has 0 N–H and O–H groups in total. The molecule has 0 bridgehead atoms. The van der Waals surface area contributed by atoms with Gasteiger partial charge in [-0.15, -0.1) is 0 Å². The Kier molecular flexibility index (Phi) is 3.22. The number of nitrogens with zero attached hydrogens (tertiary/aromatic N) is 4. The highest BCUT2D eigenvalue weighted by atomic mass is 15.2. The Bertz CT molecular complexity index is 815. The number of anilines is 1. The van der Waals surface area contributed by atoms with Crippen LogP contribution < -0.4 is 4.90 Å². The van der Waals surface area contributed by atoms with Gasteiger partial charge in [0.05, 0.1) is 0 Å². The quantitative estimate of drug-likeness (QED) is 0.727. The van der Waals surface area contributed by atoms with Gasteiger partial charge in [-0.1, -0.05) is 24.3 Å². The molecule has 3 aromatic rings. The summed E-state index contributed by atoms with van der Waals surface area (Å²) in [5, 5.41) is 0. The van der Waals surface area contributed by atoms with Crippen molar-refractivity contribution in [3.8, 4) is 0 Å². The van der Waals surface area contributed by atoms with Crippen molar-refractivity contribution in [1.82, 2.24) is 15.0 Å². The fourth-order valence-corrected chi connectivity index (χ4v) is 3.24. The largest absolute Gasteiger partial charge is 0.356 e. The standard InChI is InChI=1S/C18H18N4/c1-22(15-7-6-13-4-2-3-5-14(13)12-15)17-9-8-16-18(21-17)20-11-10-19-16/h2-5,8-11,15H,6-7,12H2,1H3. The summed E-state index contributed by atoms with van der Waals surface area (Å²) in [6.07, 6.45) is 6.76. The third kappa shape index (κ3) is 2.30. The van der Waals surface area contributed by atoms with E-state index in [1.807, 2.05) is 12.1 Å². The summed E-state index contributed by atoms with van der Waals surface area (Å²) in [6, 6.07) is 13.3. The molecule has 110 valence electrons. The first kappa shape index (κ1) is 13.2. The third-order valence-electron chi connectivity index (χ3n) is 4.55. The van der Waals surface area contributed by atoms with Crippen LogP contribution in [0.3, 0.4) is 0 Å². The van der Waals surface area contributed by atoms with Crippen molar-refractivity contribution >= 4 is 17.0 Å². The van der Waals surface area contributed by atoms with Gasteiger partial charge in [0.2, 0.25) is 0 Å². The second kappa shape index (κ2) is 5.37. The van der Waals surface area contributed by atoms with Crippen molar-refractivity contribution in [2.24, 2.45) is 0 Å². The van der Waals surface area contributed by atoms with E-state index in [2.05, 4.69) is 51.2 Å². The van der Waals surface area contributed by atoms with Crippen molar-refractivity contribution in [2.75, 3.05) is 11.9 Å². The van der Waals surface area contributed by atoms with Gasteiger partial charge in [0.15, 0.2) is 5.65 Å². The zero-order valence-electron chi connectivity index (χ0n) is 12.6. The summed E-state index contributed by atoms with van der Waals surface area (Å²) in [7, 11) is 2.13. The van der Waals surface area contributed by atoms with Gasteiger partial charge in [-0.05, 0) is 42.5 Å². The van der Waals surface area contributed by atoms with Crippen molar-refractivity contribution in [2.45, 2.75) is 25.3 Å². The van der Waals surface area contributed by atoms with Crippen LogP contribution in [0.2, 0.25) is 0 Å². The molecule has 1 unspecified atom stereocenters. The molecule has 0 saturated heterocycles. The molecule has 1 atom stereocenters. The predicted molar refractivity (Wildman–Crippen MR) is 88.0 cm³/mol. The van der Waals surface area contributed by atoms with Gasteiger partial charge in [-0.2, -0.15) is 0 Å². The fraction of sp³-hybridized carbons (Fsp3) is 0.278.